The van der Waals surface area contributed by atoms with E-state index < -0.39 is 0 Å². The molecule has 0 spiro atoms. The maximum atomic E-state index is 3.85. The van der Waals surface area contributed by atoms with Crippen LogP contribution < -0.4 is 5.32 Å². The molecule has 0 heterocycles. The third-order valence-electron chi connectivity index (χ3n) is 4.55. The Morgan fingerprint density at radius 1 is 1.22 bits per heavy atom. The third kappa shape index (κ3) is 2.61. The van der Waals surface area contributed by atoms with Gasteiger partial charge in [0.2, 0.25) is 0 Å². The van der Waals surface area contributed by atoms with Crippen molar-refractivity contribution in [1.29, 1.82) is 0 Å². The molecule has 0 amide bonds. The molecule has 1 aromatic rings. The molecule has 1 unspecified atom stereocenters. The van der Waals surface area contributed by atoms with Crippen LogP contribution in [0.5, 0.6) is 0 Å². The summed E-state index contributed by atoms with van der Waals surface area (Å²) in [5, 5.41) is 3.85. The average molecular weight is 245 g/mol. The van der Waals surface area contributed by atoms with Gasteiger partial charge in [0.1, 0.15) is 0 Å². The second-order valence-electron chi connectivity index (χ2n) is 6.24. The summed E-state index contributed by atoms with van der Waals surface area (Å²) in [6, 6.07) is 10.2. The van der Waals surface area contributed by atoms with Gasteiger partial charge in [-0.15, -0.1) is 0 Å². The van der Waals surface area contributed by atoms with Gasteiger partial charge in [0.15, 0.2) is 0 Å². The van der Waals surface area contributed by atoms with Gasteiger partial charge in [-0.1, -0.05) is 52.0 Å². The summed E-state index contributed by atoms with van der Waals surface area (Å²) in [4.78, 5) is 0. The van der Waals surface area contributed by atoms with Crippen molar-refractivity contribution < 1.29 is 0 Å². The third-order valence-corrected chi connectivity index (χ3v) is 4.55. The topological polar surface area (TPSA) is 12.0 Å². The summed E-state index contributed by atoms with van der Waals surface area (Å²) in [5.74, 6) is 0. The molecule has 1 aliphatic carbocycles. The normalized spacial score (nSPS) is 21.9. The highest BCUT2D eigenvalue weighted by molar-refractivity contribution is 5.38. The molecule has 0 aliphatic heterocycles. The van der Waals surface area contributed by atoms with Crippen molar-refractivity contribution in [3.63, 3.8) is 0 Å². The Hall–Kier alpha value is -0.820. The minimum absolute atomic E-state index is 0.336. The van der Waals surface area contributed by atoms with Gasteiger partial charge in [-0.25, -0.2) is 0 Å². The van der Waals surface area contributed by atoms with Crippen LogP contribution in [0.4, 0.5) is 0 Å². The maximum absolute atomic E-state index is 3.85. The Balaban J connectivity index is 2.25. The number of benzene rings is 1. The Labute approximate surface area is 112 Å². The highest BCUT2D eigenvalue weighted by atomic mass is 15.0. The lowest BCUT2D eigenvalue weighted by molar-refractivity contribution is 0.325. The van der Waals surface area contributed by atoms with Crippen molar-refractivity contribution in [2.45, 2.75) is 70.9 Å². The molecular formula is C17H27N. The summed E-state index contributed by atoms with van der Waals surface area (Å²) < 4.78 is 0. The summed E-state index contributed by atoms with van der Waals surface area (Å²) in [7, 11) is 0. The van der Waals surface area contributed by atoms with E-state index >= 15 is 0 Å². The standard InChI is InChI=1S/C17H27N/c1-5-13(6-2)18-16-11-12-17(3,4)15-10-8-7-9-14(15)16/h7-10,13,16,18H,5-6,11-12H2,1-4H3. The molecule has 0 saturated carbocycles. The first-order valence-corrected chi connectivity index (χ1v) is 7.44. The smallest absolute Gasteiger partial charge is 0.0325 e. The second-order valence-corrected chi connectivity index (χ2v) is 6.24. The first-order chi connectivity index (χ1) is 8.58. The first kappa shape index (κ1) is 13.6. The van der Waals surface area contributed by atoms with Gasteiger partial charge >= 0.3 is 0 Å². The largest absolute Gasteiger partial charge is 0.307 e. The minimum Gasteiger partial charge on any atom is -0.307 e. The first-order valence-electron chi connectivity index (χ1n) is 7.44. The molecule has 1 heteroatoms. The van der Waals surface area contributed by atoms with Crippen LogP contribution in [0.25, 0.3) is 0 Å². The van der Waals surface area contributed by atoms with Gasteiger partial charge < -0.3 is 5.32 Å². The van der Waals surface area contributed by atoms with Crippen LogP contribution in [0, 0.1) is 0 Å². The molecule has 0 saturated heterocycles. The number of hydrogen-bond acceptors (Lipinski definition) is 1. The van der Waals surface area contributed by atoms with E-state index in [-0.39, 0.29) is 0 Å². The highest BCUT2D eigenvalue weighted by Gasteiger charge is 2.32. The monoisotopic (exact) mass is 245 g/mol. The highest BCUT2D eigenvalue weighted by Crippen LogP contribution is 2.41. The molecule has 1 aliphatic rings. The zero-order chi connectivity index (χ0) is 13.2. The number of hydrogen-bond donors (Lipinski definition) is 1. The van der Waals surface area contributed by atoms with Crippen LogP contribution in [-0.4, -0.2) is 6.04 Å². The molecule has 18 heavy (non-hydrogen) atoms. The fourth-order valence-corrected chi connectivity index (χ4v) is 3.19. The van der Waals surface area contributed by atoms with Crippen molar-refractivity contribution in [1.82, 2.24) is 5.32 Å². The SMILES string of the molecule is CCC(CC)NC1CCC(C)(C)c2ccccc21. The number of fused-ring (bicyclic) bond motifs is 1. The fraction of sp³-hybridized carbons (Fsp3) is 0.647. The molecule has 1 nitrogen and oxygen atoms in total. The fourth-order valence-electron chi connectivity index (χ4n) is 3.19. The van der Waals surface area contributed by atoms with Gasteiger partial charge in [0, 0.05) is 12.1 Å². The Morgan fingerprint density at radius 3 is 2.56 bits per heavy atom. The second kappa shape index (κ2) is 5.44. The Kier molecular flexibility index (Phi) is 4.11. The lowest BCUT2D eigenvalue weighted by atomic mass is 9.71. The van der Waals surface area contributed by atoms with Gasteiger partial charge in [0.25, 0.3) is 0 Å². The van der Waals surface area contributed by atoms with Crippen molar-refractivity contribution in [3.8, 4) is 0 Å². The summed E-state index contributed by atoms with van der Waals surface area (Å²) in [6.45, 7) is 9.30. The van der Waals surface area contributed by atoms with Crippen LogP contribution in [0.1, 0.15) is 70.5 Å². The van der Waals surface area contributed by atoms with E-state index in [0.29, 0.717) is 17.5 Å². The molecule has 1 N–H and O–H groups in total. The predicted octanol–water partition coefficient (Wildman–Crippen LogP) is 4.58. The van der Waals surface area contributed by atoms with E-state index in [0.717, 1.165) is 0 Å². The molecule has 0 fully saturated rings. The number of nitrogens with one attached hydrogen (secondary N) is 1. The van der Waals surface area contributed by atoms with E-state index in [9.17, 15) is 0 Å². The van der Waals surface area contributed by atoms with Gasteiger partial charge in [0.05, 0.1) is 0 Å². The van der Waals surface area contributed by atoms with E-state index in [2.05, 4.69) is 57.3 Å². The van der Waals surface area contributed by atoms with Crippen LogP contribution in [0.2, 0.25) is 0 Å². The zero-order valence-electron chi connectivity index (χ0n) is 12.3. The molecule has 100 valence electrons. The summed E-state index contributed by atoms with van der Waals surface area (Å²) >= 11 is 0. The molecule has 1 aromatic carbocycles. The van der Waals surface area contributed by atoms with E-state index in [1.807, 2.05) is 0 Å². The summed E-state index contributed by atoms with van der Waals surface area (Å²) in [6.07, 6.45) is 4.99. The average Bonchev–Trinajstić information content (AvgIpc) is 2.38. The van der Waals surface area contributed by atoms with Gasteiger partial charge in [-0.2, -0.15) is 0 Å². The molecule has 0 radical (unpaired) electrons. The molecule has 2 rings (SSSR count). The van der Waals surface area contributed by atoms with E-state index in [1.165, 1.54) is 31.2 Å². The lowest BCUT2D eigenvalue weighted by Gasteiger charge is -2.38. The van der Waals surface area contributed by atoms with Crippen LogP contribution >= 0.6 is 0 Å². The molecule has 0 bridgehead atoms. The lowest BCUT2D eigenvalue weighted by Crippen LogP contribution is -2.37. The van der Waals surface area contributed by atoms with Crippen molar-refractivity contribution in [2.24, 2.45) is 0 Å². The van der Waals surface area contributed by atoms with Crippen LogP contribution in [0.15, 0.2) is 24.3 Å². The quantitative estimate of drug-likeness (QED) is 0.819. The van der Waals surface area contributed by atoms with Crippen LogP contribution in [0.3, 0.4) is 0 Å². The number of rotatable bonds is 4. The zero-order valence-corrected chi connectivity index (χ0v) is 12.3. The van der Waals surface area contributed by atoms with E-state index in [4.69, 9.17) is 0 Å². The Morgan fingerprint density at radius 2 is 1.89 bits per heavy atom. The predicted molar refractivity (Wildman–Crippen MR) is 78.9 cm³/mol. The van der Waals surface area contributed by atoms with Gasteiger partial charge in [-0.05, 0) is 42.2 Å². The van der Waals surface area contributed by atoms with Crippen molar-refractivity contribution in [2.75, 3.05) is 0 Å². The molecular weight excluding hydrogens is 218 g/mol. The van der Waals surface area contributed by atoms with Crippen molar-refractivity contribution in [3.05, 3.63) is 35.4 Å². The maximum Gasteiger partial charge on any atom is 0.0325 e. The van der Waals surface area contributed by atoms with Gasteiger partial charge in [-0.3, -0.25) is 0 Å². The Bertz CT molecular complexity index is 390. The minimum atomic E-state index is 0.336. The van der Waals surface area contributed by atoms with E-state index in [1.54, 1.807) is 5.56 Å². The molecule has 0 aromatic heterocycles. The van der Waals surface area contributed by atoms with Crippen molar-refractivity contribution >= 4 is 0 Å². The van der Waals surface area contributed by atoms with Crippen LogP contribution in [-0.2, 0) is 5.41 Å². The summed E-state index contributed by atoms with van der Waals surface area (Å²) in [5.41, 5.74) is 3.41. The molecule has 1 atom stereocenters.